The second-order valence-corrected chi connectivity index (χ2v) is 7.71. The van der Waals surface area contributed by atoms with E-state index < -0.39 is 0 Å². The van der Waals surface area contributed by atoms with Gasteiger partial charge in [0.2, 0.25) is 12.7 Å². The number of ether oxygens (including phenoxy) is 3. The van der Waals surface area contributed by atoms with Gasteiger partial charge in [0, 0.05) is 11.4 Å². The number of nitriles is 1. The van der Waals surface area contributed by atoms with E-state index in [-0.39, 0.29) is 25.2 Å². The lowest BCUT2D eigenvalue weighted by Crippen LogP contribution is -2.35. The van der Waals surface area contributed by atoms with Gasteiger partial charge in [-0.25, -0.2) is 4.79 Å². The van der Waals surface area contributed by atoms with Gasteiger partial charge in [0.25, 0.3) is 0 Å². The highest BCUT2D eigenvalue weighted by Gasteiger charge is 2.28. The molecule has 0 atom stereocenters. The summed E-state index contributed by atoms with van der Waals surface area (Å²) in [6, 6.07) is 7.57. The zero-order chi connectivity index (χ0) is 20.4. The van der Waals surface area contributed by atoms with E-state index in [1.807, 2.05) is 6.07 Å². The van der Waals surface area contributed by atoms with Crippen LogP contribution < -0.4 is 14.8 Å². The summed E-state index contributed by atoms with van der Waals surface area (Å²) in [4.78, 5) is 27.1. The molecule has 2 aliphatic rings. The minimum atomic E-state index is -0.363. The Bertz CT molecular complexity index is 1010. The van der Waals surface area contributed by atoms with Gasteiger partial charge in [0.15, 0.2) is 11.5 Å². The molecule has 8 nitrogen and oxygen atoms in total. The van der Waals surface area contributed by atoms with Crippen molar-refractivity contribution in [1.82, 2.24) is 4.90 Å². The highest BCUT2D eigenvalue weighted by Crippen LogP contribution is 2.37. The topological polar surface area (TPSA) is 101 Å². The molecule has 2 aliphatic heterocycles. The van der Waals surface area contributed by atoms with Crippen molar-refractivity contribution < 1.29 is 23.8 Å². The summed E-state index contributed by atoms with van der Waals surface area (Å²) < 4.78 is 15.7. The van der Waals surface area contributed by atoms with Crippen LogP contribution in [0.15, 0.2) is 18.2 Å². The van der Waals surface area contributed by atoms with E-state index in [1.165, 1.54) is 11.3 Å². The molecule has 1 aromatic heterocycles. The Labute approximate surface area is 171 Å². The van der Waals surface area contributed by atoms with E-state index in [2.05, 4.69) is 11.4 Å². The smallest absolute Gasteiger partial charge is 0.410 e. The molecular weight excluding hydrogens is 394 g/mol. The van der Waals surface area contributed by atoms with Crippen LogP contribution in [0.5, 0.6) is 11.5 Å². The Morgan fingerprint density at radius 2 is 2.17 bits per heavy atom. The maximum Gasteiger partial charge on any atom is 0.410 e. The summed E-state index contributed by atoms with van der Waals surface area (Å²) in [5, 5.41) is 13.0. The molecule has 2 aromatic rings. The van der Waals surface area contributed by atoms with Crippen LogP contribution >= 0.6 is 11.3 Å². The first-order chi connectivity index (χ1) is 14.1. The number of carbonyl (C=O) groups is 2. The third-order valence-electron chi connectivity index (χ3n) is 4.75. The van der Waals surface area contributed by atoms with Gasteiger partial charge in [0.05, 0.1) is 25.1 Å². The highest BCUT2D eigenvalue weighted by atomic mass is 32.1. The van der Waals surface area contributed by atoms with E-state index in [0.29, 0.717) is 48.2 Å². The van der Waals surface area contributed by atoms with Gasteiger partial charge in [0.1, 0.15) is 11.1 Å². The van der Waals surface area contributed by atoms with E-state index in [1.54, 1.807) is 24.0 Å². The van der Waals surface area contributed by atoms with Crippen LogP contribution in [-0.4, -0.2) is 36.8 Å². The largest absolute Gasteiger partial charge is 0.454 e. The summed E-state index contributed by atoms with van der Waals surface area (Å²) in [6.45, 7) is 3.13. The van der Waals surface area contributed by atoms with Crippen molar-refractivity contribution in [2.45, 2.75) is 26.3 Å². The van der Waals surface area contributed by atoms with Crippen molar-refractivity contribution in [2.24, 2.45) is 0 Å². The third-order valence-corrected chi connectivity index (χ3v) is 5.88. The number of nitrogens with zero attached hydrogens (tertiary/aromatic N) is 2. The fourth-order valence-electron chi connectivity index (χ4n) is 3.39. The molecule has 1 aromatic carbocycles. The maximum atomic E-state index is 12.6. The number of hydrogen-bond acceptors (Lipinski definition) is 7. The van der Waals surface area contributed by atoms with Crippen LogP contribution in [0.4, 0.5) is 9.80 Å². The van der Waals surface area contributed by atoms with Crippen LogP contribution in [0.1, 0.15) is 28.5 Å². The van der Waals surface area contributed by atoms with Crippen molar-refractivity contribution in [3.63, 3.8) is 0 Å². The Morgan fingerprint density at radius 3 is 2.97 bits per heavy atom. The zero-order valence-corrected chi connectivity index (χ0v) is 16.6. The van der Waals surface area contributed by atoms with E-state index >= 15 is 0 Å². The Hall–Kier alpha value is -3.25. The molecule has 29 heavy (non-hydrogen) atoms. The van der Waals surface area contributed by atoms with E-state index in [9.17, 15) is 14.9 Å². The molecule has 3 heterocycles. The molecule has 1 N–H and O–H groups in total. The average molecular weight is 413 g/mol. The quantitative estimate of drug-likeness (QED) is 0.827. The van der Waals surface area contributed by atoms with Crippen molar-refractivity contribution in [1.29, 1.82) is 5.26 Å². The summed E-state index contributed by atoms with van der Waals surface area (Å²) >= 11 is 1.34. The zero-order valence-electron chi connectivity index (χ0n) is 15.8. The lowest BCUT2D eigenvalue weighted by Gasteiger charge is -2.25. The number of nitrogens with one attached hydrogen (secondary N) is 1. The lowest BCUT2D eigenvalue weighted by atomic mass is 10.0. The Balaban J connectivity index is 1.47. The molecule has 0 radical (unpaired) electrons. The molecule has 2 amide bonds. The second-order valence-electron chi connectivity index (χ2n) is 6.60. The standard InChI is InChI=1S/C20H19N3O5S/c1-2-26-20(25)23-6-5-13-14(9-21)19(29-17(13)10-23)22-18(24)8-12-3-4-15-16(7-12)28-11-27-15/h3-4,7H,2,5-6,8,10-11H2,1H3,(H,22,24). The summed E-state index contributed by atoms with van der Waals surface area (Å²) in [7, 11) is 0. The van der Waals surface area contributed by atoms with E-state index in [0.717, 1.165) is 16.0 Å². The number of fused-ring (bicyclic) bond motifs is 2. The monoisotopic (exact) mass is 413 g/mol. The summed E-state index contributed by atoms with van der Waals surface area (Å²) in [5.74, 6) is 1.07. The Kier molecular flexibility index (Phi) is 5.27. The van der Waals surface area contributed by atoms with Crippen LogP contribution in [0.3, 0.4) is 0 Å². The highest BCUT2D eigenvalue weighted by molar-refractivity contribution is 7.16. The number of carbonyl (C=O) groups excluding carboxylic acids is 2. The maximum absolute atomic E-state index is 12.6. The fraction of sp³-hybridized carbons (Fsp3) is 0.350. The lowest BCUT2D eigenvalue weighted by molar-refractivity contribution is -0.115. The molecule has 150 valence electrons. The molecule has 0 aliphatic carbocycles. The summed E-state index contributed by atoms with van der Waals surface area (Å²) in [5.41, 5.74) is 2.17. The first-order valence-corrected chi connectivity index (χ1v) is 10.1. The molecule has 0 unspecified atom stereocenters. The number of thiophene rings is 1. The van der Waals surface area contributed by atoms with Gasteiger partial charge in [-0.1, -0.05) is 6.07 Å². The molecule has 0 fully saturated rings. The second kappa shape index (κ2) is 8.01. The molecule has 0 saturated heterocycles. The van der Waals surface area contributed by atoms with Crippen molar-refractivity contribution in [3.8, 4) is 17.6 Å². The van der Waals surface area contributed by atoms with Gasteiger partial charge in [-0.2, -0.15) is 5.26 Å². The number of amides is 2. The predicted octanol–water partition coefficient (Wildman–Crippen LogP) is 3.04. The first kappa shape index (κ1) is 19.1. The van der Waals surface area contributed by atoms with Gasteiger partial charge in [-0.05, 0) is 36.6 Å². The molecule has 0 saturated carbocycles. The average Bonchev–Trinajstić information content (AvgIpc) is 3.30. The number of benzene rings is 1. The number of rotatable bonds is 4. The van der Waals surface area contributed by atoms with Gasteiger partial charge in [-0.3, -0.25) is 4.79 Å². The fourth-order valence-corrected chi connectivity index (χ4v) is 4.62. The van der Waals surface area contributed by atoms with Gasteiger partial charge < -0.3 is 24.4 Å². The SMILES string of the molecule is CCOC(=O)N1CCc2c(sc(NC(=O)Cc3ccc4c(c3)OCO4)c2C#N)C1. The van der Waals surface area contributed by atoms with Crippen LogP contribution in [0.2, 0.25) is 0 Å². The number of hydrogen-bond donors (Lipinski definition) is 1. The minimum Gasteiger partial charge on any atom is -0.454 e. The van der Waals surface area contributed by atoms with Crippen molar-refractivity contribution >= 4 is 28.3 Å². The third kappa shape index (κ3) is 3.84. The molecule has 0 bridgehead atoms. The minimum absolute atomic E-state index is 0.152. The molecule has 9 heteroatoms. The van der Waals surface area contributed by atoms with Crippen molar-refractivity contribution in [2.75, 3.05) is 25.3 Å². The summed E-state index contributed by atoms with van der Waals surface area (Å²) in [6.07, 6.45) is 0.350. The first-order valence-electron chi connectivity index (χ1n) is 9.23. The normalized spacial score (nSPS) is 14.1. The van der Waals surface area contributed by atoms with Crippen LogP contribution in [0.25, 0.3) is 0 Å². The van der Waals surface area contributed by atoms with Gasteiger partial charge in [-0.15, -0.1) is 11.3 Å². The van der Waals surface area contributed by atoms with Crippen molar-refractivity contribution in [3.05, 3.63) is 39.8 Å². The van der Waals surface area contributed by atoms with Crippen LogP contribution in [-0.2, 0) is 28.9 Å². The van der Waals surface area contributed by atoms with Crippen LogP contribution in [0, 0.1) is 11.3 Å². The predicted molar refractivity (Wildman–Crippen MR) is 105 cm³/mol. The van der Waals surface area contributed by atoms with Gasteiger partial charge >= 0.3 is 6.09 Å². The Morgan fingerprint density at radius 1 is 1.34 bits per heavy atom. The molecule has 4 rings (SSSR count). The molecule has 0 spiro atoms. The van der Waals surface area contributed by atoms with E-state index in [4.69, 9.17) is 14.2 Å². The molecular formula is C20H19N3O5S. The number of anilines is 1.